The van der Waals surface area contributed by atoms with Crippen LogP contribution in [0.15, 0.2) is 36.7 Å². The van der Waals surface area contributed by atoms with Crippen molar-refractivity contribution in [2.45, 2.75) is 13.0 Å². The lowest BCUT2D eigenvalue weighted by Crippen LogP contribution is -2.26. The lowest BCUT2D eigenvalue weighted by molar-refractivity contribution is 0.0940. The van der Waals surface area contributed by atoms with Crippen LogP contribution in [-0.4, -0.2) is 16.1 Å². The third-order valence-corrected chi connectivity index (χ3v) is 2.69. The zero-order valence-electron chi connectivity index (χ0n) is 9.27. The summed E-state index contributed by atoms with van der Waals surface area (Å²) in [5, 5.41) is 9.97. The molecule has 2 aromatic rings. The largest absolute Gasteiger partial charge is 0.345 e. The van der Waals surface area contributed by atoms with Crippen molar-refractivity contribution in [2.75, 3.05) is 0 Å². The van der Waals surface area contributed by atoms with Gasteiger partial charge in [0.15, 0.2) is 0 Å². The number of amides is 1. The van der Waals surface area contributed by atoms with Crippen molar-refractivity contribution in [2.24, 2.45) is 0 Å². The average molecular weight is 250 g/mol. The first-order chi connectivity index (χ1) is 8.16. The number of aromatic nitrogens is 2. The van der Waals surface area contributed by atoms with Crippen molar-refractivity contribution in [3.05, 3.63) is 52.8 Å². The molecule has 1 aromatic heterocycles. The quantitative estimate of drug-likeness (QED) is 0.878. The summed E-state index contributed by atoms with van der Waals surface area (Å²) in [5.41, 5.74) is 1.48. The van der Waals surface area contributed by atoms with Crippen LogP contribution >= 0.6 is 11.6 Å². The topological polar surface area (TPSA) is 57.8 Å². The van der Waals surface area contributed by atoms with E-state index in [-0.39, 0.29) is 11.9 Å². The Balaban J connectivity index is 2.07. The van der Waals surface area contributed by atoms with Crippen LogP contribution in [0.2, 0.25) is 5.02 Å². The molecule has 0 saturated carbocycles. The fourth-order valence-electron chi connectivity index (χ4n) is 1.49. The highest BCUT2D eigenvalue weighted by molar-refractivity contribution is 6.30. The molecule has 1 unspecified atom stereocenters. The van der Waals surface area contributed by atoms with Gasteiger partial charge in [0, 0.05) is 22.3 Å². The summed E-state index contributed by atoms with van der Waals surface area (Å²) < 4.78 is 0. The van der Waals surface area contributed by atoms with Gasteiger partial charge in [-0.2, -0.15) is 5.10 Å². The maximum Gasteiger partial charge on any atom is 0.251 e. The van der Waals surface area contributed by atoms with Crippen LogP contribution < -0.4 is 5.32 Å². The molecule has 1 amide bonds. The molecule has 2 N–H and O–H groups in total. The third kappa shape index (κ3) is 2.85. The van der Waals surface area contributed by atoms with Gasteiger partial charge in [0.05, 0.1) is 12.2 Å². The Hall–Kier alpha value is -1.81. The Morgan fingerprint density at radius 2 is 2.35 bits per heavy atom. The molecule has 0 aliphatic heterocycles. The molecule has 4 nitrogen and oxygen atoms in total. The Kier molecular flexibility index (Phi) is 3.44. The highest BCUT2D eigenvalue weighted by Crippen LogP contribution is 2.13. The van der Waals surface area contributed by atoms with E-state index in [9.17, 15) is 4.79 Å². The van der Waals surface area contributed by atoms with Gasteiger partial charge >= 0.3 is 0 Å². The van der Waals surface area contributed by atoms with Crippen LogP contribution in [0.25, 0.3) is 0 Å². The zero-order chi connectivity index (χ0) is 12.3. The average Bonchev–Trinajstić information content (AvgIpc) is 2.82. The monoisotopic (exact) mass is 249 g/mol. The molecule has 0 aliphatic rings. The van der Waals surface area contributed by atoms with E-state index in [2.05, 4.69) is 15.5 Å². The van der Waals surface area contributed by atoms with Crippen LogP contribution in [0.5, 0.6) is 0 Å². The van der Waals surface area contributed by atoms with Gasteiger partial charge < -0.3 is 5.32 Å². The van der Waals surface area contributed by atoms with E-state index in [4.69, 9.17) is 11.6 Å². The van der Waals surface area contributed by atoms with Crippen molar-refractivity contribution in [1.29, 1.82) is 0 Å². The molecule has 1 heterocycles. The molecule has 0 saturated heterocycles. The molecule has 2 rings (SSSR count). The summed E-state index contributed by atoms with van der Waals surface area (Å²) in [7, 11) is 0. The number of halogens is 1. The first kappa shape index (κ1) is 11.7. The summed E-state index contributed by atoms with van der Waals surface area (Å²) in [5.74, 6) is -0.152. The predicted octanol–water partition coefficient (Wildman–Crippen LogP) is 2.55. The maximum absolute atomic E-state index is 11.9. The molecule has 88 valence electrons. The molecule has 5 heteroatoms. The van der Waals surface area contributed by atoms with E-state index < -0.39 is 0 Å². The van der Waals surface area contributed by atoms with Gasteiger partial charge in [0.1, 0.15) is 0 Å². The van der Waals surface area contributed by atoms with E-state index in [1.165, 1.54) is 0 Å². The number of rotatable bonds is 3. The fourth-order valence-corrected chi connectivity index (χ4v) is 1.68. The minimum absolute atomic E-state index is 0.0970. The number of nitrogens with one attached hydrogen (secondary N) is 2. The van der Waals surface area contributed by atoms with Crippen molar-refractivity contribution in [3.8, 4) is 0 Å². The van der Waals surface area contributed by atoms with E-state index in [1.807, 2.05) is 6.92 Å². The lowest BCUT2D eigenvalue weighted by Gasteiger charge is -2.12. The summed E-state index contributed by atoms with van der Waals surface area (Å²) in [6, 6.07) is 6.75. The molecule has 0 bridgehead atoms. The zero-order valence-corrected chi connectivity index (χ0v) is 10.0. The van der Waals surface area contributed by atoms with Gasteiger partial charge in [-0.05, 0) is 25.1 Å². The molecule has 17 heavy (non-hydrogen) atoms. The number of carbonyl (C=O) groups excluding carboxylic acids is 1. The van der Waals surface area contributed by atoms with Crippen LogP contribution in [0, 0.1) is 0 Å². The summed E-state index contributed by atoms with van der Waals surface area (Å²) in [6.07, 6.45) is 3.44. The number of benzene rings is 1. The van der Waals surface area contributed by atoms with Gasteiger partial charge in [0.2, 0.25) is 0 Å². The number of nitrogens with zero attached hydrogens (tertiary/aromatic N) is 1. The van der Waals surface area contributed by atoms with Gasteiger partial charge in [-0.15, -0.1) is 0 Å². The molecular formula is C12H12ClN3O. The summed E-state index contributed by atoms with van der Waals surface area (Å²) >= 11 is 5.83. The standard InChI is InChI=1S/C12H12ClN3O/c1-8(10-6-14-15-7-10)16-12(17)9-3-2-4-11(13)5-9/h2-8H,1H3,(H,14,15)(H,16,17). The molecule has 1 atom stereocenters. The van der Waals surface area contributed by atoms with Crippen molar-refractivity contribution in [1.82, 2.24) is 15.5 Å². The first-order valence-electron chi connectivity index (χ1n) is 5.22. The molecule has 1 aromatic carbocycles. The molecular weight excluding hydrogens is 238 g/mol. The number of hydrogen-bond donors (Lipinski definition) is 2. The molecule has 0 radical (unpaired) electrons. The fraction of sp³-hybridized carbons (Fsp3) is 0.167. The number of carbonyl (C=O) groups is 1. The molecule has 0 fully saturated rings. The van der Waals surface area contributed by atoms with E-state index in [0.29, 0.717) is 10.6 Å². The second-order valence-corrected chi connectivity index (χ2v) is 4.17. The lowest BCUT2D eigenvalue weighted by atomic mass is 10.1. The highest BCUT2D eigenvalue weighted by Gasteiger charge is 2.12. The smallest absolute Gasteiger partial charge is 0.251 e. The van der Waals surface area contributed by atoms with Crippen molar-refractivity contribution >= 4 is 17.5 Å². The Bertz CT molecular complexity index is 510. The minimum Gasteiger partial charge on any atom is -0.345 e. The van der Waals surface area contributed by atoms with Gasteiger partial charge in [-0.25, -0.2) is 0 Å². The van der Waals surface area contributed by atoms with E-state index in [0.717, 1.165) is 5.56 Å². The van der Waals surface area contributed by atoms with Crippen LogP contribution in [0.1, 0.15) is 28.9 Å². The molecule has 0 aliphatic carbocycles. The Morgan fingerprint density at radius 3 is 3.00 bits per heavy atom. The normalized spacial score (nSPS) is 12.1. The van der Waals surface area contributed by atoms with Crippen molar-refractivity contribution in [3.63, 3.8) is 0 Å². The van der Waals surface area contributed by atoms with E-state index >= 15 is 0 Å². The molecule has 0 spiro atoms. The van der Waals surface area contributed by atoms with Gasteiger partial charge in [0.25, 0.3) is 5.91 Å². The Labute approximate surface area is 104 Å². The first-order valence-corrected chi connectivity index (χ1v) is 5.59. The second-order valence-electron chi connectivity index (χ2n) is 3.74. The predicted molar refractivity (Wildman–Crippen MR) is 65.9 cm³/mol. The maximum atomic E-state index is 11.9. The minimum atomic E-state index is -0.152. The third-order valence-electron chi connectivity index (χ3n) is 2.45. The SMILES string of the molecule is CC(NC(=O)c1cccc(Cl)c1)c1cn[nH]c1. The summed E-state index contributed by atoms with van der Waals surface area (Å²) in [4.78, 5) is 11.9. The number of aromatic amines is 1. The second kappa shape index (κ2) is 5.01. The van der Waals surface area contributed by atoms with Crippen molar-refractivity contribution < 1.29 is 4.79 Å². The Morgan fingerprint density at radius 1 is 1.53 bits per heavy atom. The number of H-pyrrole nitrogens is 1. The van der Waals surface area contributed by atoms with Gasteiger partial charge in [-0.3, -0.25) is 9.89 Å². The van der Waals surface area contributed by atoms with Crippen LogP contribution in [0.3, 0.4) is 0 Å². The summed E-state index contributed by atoms with van der Waals surface area (Å²) in [6.45, 7) is 1.90. The van der Waals surface area contributed by atoms with E-state index in [1.54, 1.807) is 36.7 Å². The highest BCUT2D eigenvalue weighted by atomic mass is 35.5. The van der Waals surface area contributed by atoms with Crippen LogP contribution in [-0.2, 0) is 0 Å². The van der Waals surface area contributed by atoms with Gasteiger partial charge in [-0.1, -0.05) is 17.7 Å². The van der Waals surface area contributed by atoms with Crippen LogP contribution in [0.4, 0.5) is 0 Å². The number of hydrogen-bond acceptors (Lipinski definition) is 2.